The summed E-state index contributed by atoms with van der Waals surface area (Å²) in [4.78, 5) is 19.8. The molecule has 2 aromatic carbocycles. The van der Waals surface area contributed by atoms with Crippen molar-refractivity contribution < 1.29 is 9.53 Å². The molecule has 0 saturated heterocycles. The Bertz CT molecular complexity index is 835. The van der Waals surface area contributed by atoms with Gasteiger partial charge in [-0.2, -0.15) is 0 Å². The maximum absolute atomic E-state index is 12.0. The van der Waals surface area contributed by atoms with Gasteiger partial charge in [0.15, 0.2) is 0 Å². The van der Waals surface area contributed by atoms with Crippen LogP contribution in [0, 0.1) is 0 Å². The molecule has 0 spiro atoms. The Morgan fingerprint density at radius 2 is 2.00 bits per heavy atom. The van der Waals surface area contributed by atoms with Gasteiger partial charge in [0.05, 0.1) is 17.7 Å². The molecule has 1 heterocycles. The molecule has 0 aliphatic rings. The minimum absolute atomic E-state index is 0.337. The molecule has 0 radical (unpaired) electrons. The molecule has 0 bridgehead atoms. The van der Waals surface area contributed by atoms with Crippen LogP contribution in [0.1, 0.15) is 28.7 Å². The van der Waals surface area contributed by atoms with Crippen molar-refractivity contribution >= 4 is 23.1 Å². The summed E-state index contributed by atoms with van der Waals surface area (Å²) in [5.74, 6) is 0.486. The first-order valence-electron chi connectivity index (χ1n) is 7.64. The van der Waals surface area contributed by atoms with E-state index in [2.05, 4.69) is 22.1 Å². The van der Waals surface area contributed by atoms with Crippen molar-refractivity contribution in [3.05, 3.63) is 71.6 Å². The summed E-state index contributed by atoms with van der Waals surface area (Å²) >= 11 is 0. The number of allylic oxidation sites excluding steroid dienone is 1. The highest BCUT2D eigenvalue weighted by molar-refractivity contribution is 6.01. The van der Waals surface area contributed by atoms with E-state index in [1.54, 1.807) is 13.0 Å². The number of fused-ring (bicyclic) bond motifs is 1. The summed E-state index contributed by atoms with van der Waals surface area (Å²) in [5, 5.41) is 0. The zero-order valence-electron chi connectivity index (χ0n) is 13.0. The van der Waals surface area contributed by atoms with E-state index in [9.17, 15) is 4.79 Å². The number of nitrogens with zero attached hydrogens (tertiary/aromatic N) is 1. The Balaban J connectivity index is 1.81. The molecule has 4 nitrogen and oxygen atoms in total. The zero-order valence-corrected chi connectivity index (χ0v) is 13.0. The number of imidazole rings is 1. The molecule has 0 saturated carbocycles. The van der Waals surface area contributed by atoms with Crippen LogP contribution in [0.2, 0.25) is 0 Å². The van der Waals surface area contributed by atoms with Crippen LogP contribution >= 0.6 is 0 Å². The van der Waals surface area contributed by atoms with Crippen LogP contribution in [0.4, 0.5) is 0 Å². The summed E-state index contributed by atoms with van der Waals surface area (Å²) in [5.41, 5.74) is 3.16. The molecule has 1 N–H and O–H groups in total. The van der Waals surface area contributed by atoms with Crippen molar-refractivity contribution in [1.82, 2.24) is 9.97 Å². The molecular formula is C19H18N2O2. The van der Waals surface area contributed by atoms with E-state index in [0.29, 0.717) is 24.1 Å². The van der Waals surface area contributed by atoms with Crippen LogP contribution < -0.4 is 0 Å². The first-order chi connectivity index (χ1) is 11.3. The van der Waals surface area contributed by atoms with Gasteiger partial charge in [-0.3, -0.25) is 0 Å². The Kier molecular flexibility index (Phi) is 4.52. The average Bonchev–Trinajstić information content (AvgIpc) is 2.98. The average molecular weight is 306 g/mol. The second-order valence-corrected chi connectivity index (χ2v) is 5.12. The summed E-state index contributed by atoms with van der Waals surface area (Å²) in [7, 11) is 0. The number of aromatic amines is 1. The van der Waals surface area contributed by atoms with Gasteiger partial charge in [-0.25, -0.2) is 9.78 Å². The van der Waals surface area contributed by atoms with Gasteiger partial charge in [0, 0.05) is 6.42 Å². The summed E-state index contributed by atoms with van der Waals surface area (Å²) in [6.07, 6.45) is 4.78. The number of esters is 1. The number of carbonyl (C=O) groups is 1. The largest absolute Gasteiger partial charge is 0.462 e. The molecule has 0 unspecified atom stereocenters. The molecule has 0 fully saturated rings. The summed E-state index contributed by atoms with van der Waals surface area (Å²) < 4.78 is 5.08. The number of para-hydroxylation sites is 1. The van der Waals surface area contributed by atoms with E-state index in [1.807, 2.05) is 42.5 Å². The lowest BCUT2D eigenvalue weighted by Gasteiger charge is -2.01. The van der Waals surface area contributed by atoms with Gasteiger partial charge in [0.25, 0.3) is 0 Å². The van der Waals surface area contributed by atoms with E-state index in [4.69, 9.17) is 4.74 Å². The smallest absolute Gasteiger partial charge is 0.340 e. The Hall–Kier alpha value is -2.88. The van der Waals surface area contributed by atoms with Crippen LogP contribution in [0.25, 0.3) is 17.1 Å². The molecule has 3 aromatic rings. The molecule has 3 rings (SSSR count). The Morgan fingerprint density at radius 3 is 2.78 bits per heavy atom. The number of H-pyrrole nitrogens is 1. The van der Waals surface area contributed by atoms with Crippen LogP contribution in [-0.4, -0.2) is 22.5 Å². The standard InChI is InChI=1S/C19H18N2O2/c1-2-23-19(22)15-11-7-12-16-18(15)21-17(20-16)13-6-10-14-8-4-3-5-9-14/h3-12H,2,13H2,1H3,(H,20,21)/b10-6+. The van der Waals surface area contributed by atoms with Crippen molar-refractivity contribution in [1.29, 1.82) is 0 Å². The van der Waals surface area contributed by atoms with Crippen LogP contribution in [-0.2, 0) is 11.2 Å². The maximum Gasteiger partial charge on any atom is 0.340 e. The van der Waals surface area contributed by atoms with Crippen LogP contribution in [0.5, 0.6) is 0 Å². The normalized spacial score (nSPS) is 11.2. The molecule has 4 heteroatoms. The highest BCUT2D eigenvalue weighted by Crippen LogP contribution is 2.18. The molecule has 0 atom stereocenters. The van der Waals surface area contributed by atoms with E-state index in [1.165, 1.54) is 0 Å². The van der Waals surface area contributed by atoms with Crippen LogP contribution in [0.3, 0.4) is 0 Å². The third kappa shape index (κ3) is 3.48. The number of nitrogens with one attached hydrogen (secondary N) is 1. The topological polar surface area (TPSA) is 55.0 Å². The van der Waals surface area contributed by atoms with Gasteiger partial charge in [0.1, 0.15) is 11.3 Å². The Labute approximate surface area is 134 Å². The predicted molar refractivity (Wildman–Crippen MR) is 91.2 cm³/mol. The van der Waals surface area contributed by atoms with Gasteiger partial charge in [0.2, 0.25) is 0 Å². The first-order valence-corrected chi connectivity index (χ1v) is 7.64. The number of hydrogen-bond donors (Lipinski definition) is 1. The molecular weight excluding hydrogens is 288 g/mol. The lowest BCUT2D eigenvalue weighted by molar-refractivity contribution is 0.0528. The van der Waals surface area contributed by atoms with E-state index in [-0.39, 0.29) is 5.97 Å². The number of ether oxygens (including phenoxy) is 1. The lowest BCUT2D eigenvalue weighted by Crippen LogP contribution is -2.05. The van der Waals surface area contributed by atoms with E-state index >= 15 is 0 Å². The van der Waals surface area contributed by atoms with Crippen molar-refractivity contribution in [2.24, 2.45) is 0 Å². The highest BCUT2D eigenvalue weighted by Gasteiger charge is 2.13. The molecule has 0 aliphatic carbocycles. The summed E-state index contributed by atoms with van der Waals surface area (Å²) in [6, 6.07) is 15.6. The highest BCUT2D eigenvalue weighted by atomic mass is 16.5. The SMILES string of the molecule is CCOC(=O)c1cccc2[nH]c(C/C=C/c3ccccc3)nc12. The van der Waals surface area contributed by atoms with Crippen molar-refractivity contribution in [2.45, 2.75) is 13.3 Å². The monoisotopic (exact) mass is 306 g/mol. The predicted octanol–water partition coefficient (Wildman–Crippen LogP) is 4.00. The minimum atomic E-state index is -0.337. The fraction of sp³-hybridized carbons (Fsp3) is 0.158. The third-order valence-electron chi connectivity index (χ3n) is 3.48. The molecule has 0 amide bonds. The number of aromatic nitrogens is 2. The first kappa shape index (κ1) is 15.0. The number of carbonyl (C=O) groups excluding carboxylic acids is 1. The molecule has 0 aliphatic heterocycles. The van der Waals surface area contributed by atoms with Crippen molar-refractivity contribution in [3.8, 4) is 0 Å². The van der Waals surface area contributed by atoms with Crippen molar-refractivity contribution in [2.75, 3.05) is 6.61 Å². The fourth-order valence-electron chi connectivity index (χ4n) is 2.42. The minimum Gasteiger partial charge on any atom is -0.462 e. The fourth-order valence-corrected chi connectivity index (χ4v) is 2.42. The zero-order chi connectivity index (χ0) is 16.1. The number of benzene rings is 2. The number of hydrogen-bond acceptors (Lipinski definition) is 3. The summed E-state index contributed by atoms with van der Waals surface area (Å²) in [6.45, 7) is 2.15. The van der Waals surface area contributed by atoms with Crippen LogP contribution in [0.15, 0.2) is 54.6 Å². The molecule has 116 valence electrons. The van der Waals surface area contributed by atoms with Gasteiger partial charge in [-0.1, -0.05) is 48.6 Å². The number of rotatable bonds is 5. The molecule has 1 aromatic heterocycles. The Morgan fingerprint density at radius 1 is 1.17 bits per heavy atom. The van der Waals surface area contributed by atoms with Gasteiger partial charge < -0.3 is 9.72 Å². The van der Waals surface area contributed by atoms with Gasteiger partial charge in [-0.15, -0.1) is 0 Å². The van der Waals surface area contributed by atoms with E-state index in [0.717, 1.165) is 16.9 Å². The quantitative estimate of drug-likeness (QED) is 0.725. The molecule has 23 heavy (non-hydrogen) atoms. The van der Waals surface area contributed by atoms with Crippen molar-refractivity contribution in [3.63, 3.8) is 0 Å². The third-order valence-corrected chi connectivity index (χ3v) is 3.48. The second-order valence-electron chi connectivity index (χ2n) is 5.12. The second kappa shape index (κ2) is 6.92. The van der Waals surface area contributed by atoms with Gasteiger partial charge in [-0.05, 0) is 24.6 Å². The van der Waals surface area contributed by atoms with Gasteiger partial charge >= 0.3 is 5.97 Å². The maximum atomic E-state index is 12.0. The van der Waals surface area contributed by atoms with E-state index < -0.39 is 0 Å². The lowest BCUT2D eigenvalue weighted by atomic mass is 10.2.